The quantitative estimate of drug-likeness (QED) is 0.100. The Morgan fingerprint density at radius 2 is 0.963 bits per heavy atom. The fourth-order valence-electron chi connectivity index (χ4n) is 7.64. The molecule has 4 amide bonds. The Labute approximate surface area is 316 Å². The number of hydrogen-bond acceptors (Lipinski definition) is 7. The molecule has 0 spiro atoms. The van der Waals surface area contributed by atoms with Gasteiger partial charge in [-0.3, -0.25) is 29.0 Å². The molecule has 0 saturated carbocycles. The van der Waals surface area contributed by atoms with Gasteiger partial charge in [0.15, 0.2) is 16.6 Å². The molecule has 0 radical (unpaired) electrons. The highest BCUT2D eigenvalue weighted by Gasteiger charge is 2.73. The molecule has 2 aromatic carbocycles. The van der Waals surface area contributed by atoms with Crippen molar-refractivity contribution in [2.24, 2.45) is 0 Å². The first-order chi connectivity index (χ1) is 24.5. The van der Waals surface area contributed by atoms with E-state index in [0.29, 0.717) is 35.2 Å². The second-order valence-electron chi connectivity index (χ2n) is 16.0. The summed E-state index contributed by atoms with van der Waals surface area (Å²) in [5, 5.41) is 0. The summed E-state index contributed by atoms with van der Waals surface area (Å²) in [5.74, 6) is -3.79. The second kappa shape index (κ2) is 14.8. The van der Waals surface area contributed by atoms with E-state index in [4.69, 9.17) is 12.3 Å². The number of amides is 4. The van der Waals surface area contributed by atoms with E-state index >= 15 is 0 Å². The van der Waals surface area contributed by atoms with Crippen molar-refractivity contribution in [2.75, 3.05) is 13.6 Å². The summed E-state index contributed by atoms with van der Waals surface area (Å²) in [6, 6.07) is 4.95. The van der Waals surface area contributed by atoms with Gasteiger partial charge in [-0.05, 0) is 106 Å². The minimum absolute atomic E-state index is 0.136. The molecule has 2 aromatic rings. The molecule has 0 saturated heterocycles. The van der Waals surface area contributed by atoms with E-state index < -0.39 is 97.4 Å². The topological polar surface area (TPSA) is 102 Å². The lowest BCUT2D eigenvalue weighted by Gasteiger charge is -2.41. The van der Waals surface area contributed by atoms with Crippen LogP contribution in [0.2, 0.25) is 64.5 Å². The van der Waals surface area contributed by atoms with Crippen LogP contribution >= 0.6 is 0 Å². The lowest BCUT2D eigenvalue weighted by Crippen LogP contribution is -2.56. The molecule has 0 N–H and O–H groups in total. The van der Waals surface area contributed by atoms with Crippen LogP contribution in [0.4, 0.5) is 26.3 Å². The lowest BCUT2D eigenvalue weighted by molar-refractivity contribution is -0.288. The Morgan fingerprint density at radius 1 is 0.574 bits per heavy atom. The van der Waals surface area contributed by atoms with E-state index in [1.165, 1.54) is 0 Å². The van der Waals surface area contributed by atoms with Crippen molar-refractivity contribution in [3.05, 3.63) is 69.8 Å². The Balaban J connectivity index is 1.55. The van der Waals surface area contributed by atoms with Crippen molar-refractivity contribution >= 4 is 57.4 Å². The largest absolute Gasteiger partial charge is 0.436 e. The number of hydrogen-bond donors (Lipinski definition) is 0. The zero-order valence-corrected chi connectivity index (χ0v) is 36.2. The molecule has 0 unspecified atom stereocenters. The summed E-state index contributed by atoms with van der Waals surface area (Å²) < 4.78 is 110. The number of benzene rings is 2. The normalized spacial score (nSPS) is 16.1. The maximum absolute atomic E-state index is 15.0. The maximum atomic E-state index is 15.0. The van der Waals surface area contributed by atoms with Crippen LogP contribution in [-0.2, 0) is 17.8 Å². The Morgan fingerprint density at radius 3 is 1.41 bits per heavy atom. The number of unbranched alkanes of at least 4 members (excludes halogenated alkanes) is 1. The lowest BCUT2D eigenvalue weighted by atomic mass is 9.71. The smallest absolute Gasteiger partial charge is 0.411 e. The molecule has 298 valence electrons. The van der Waals surface area contributed by atoms with Crippen LogP contribution in [0.25, 0.3) is 0 Å². The van der Waals surface area contributed by atoms with E-state index in [-0.39, 0.29) is 24.1 Å². The number of carbonyl (C=O) groups excluding carboxylic acids is 4. The highest BCUT2D eigenvalue weighted by atomic mass is 28.5. The molecule has 2 heterocycles. The van der Waals surface area contributed by atoms with Crippen molar-refractivity contribution in [1.29, 1.82) is 0 Å². The molecule has 0 fully saturated rings. The monoisotopic (exact) mass is 834 g/mol. The van der Waals surface area contributed by atoms with Crippen molar-refractivity contribution in [3.63, 3.8) is 0 Å². The minimum atomic E-state index is -6.04. The fourth-order valence-corrected chi connectivity index (χ4v) is 27.1. The van der Waals surface area contributed by atoms with Gasteiger partial charge in [-0.2, -0.15) is 26.3 Å². The van der Waals surface area contributed by atoms with Crippen molar-refractivity contribution in [1.82, 2.24) is 9.80 Å². The van der Waals surface area contributed by atoms with Crippen LogP contribution in [0.5, 0.6) is 0 Å². The van der Waals surface area contributed by atoms with Gasteiger partial charge in [0.05, 0.1) is 22.3 Å². The molecule has 54 heavy (non-hydrogen) atoms. The number of carbonyl (C=O) groups is 4. The average Bonchev–Trinajstić information content (AvgIpc) is 3.36. The van der Waals surface area contributed by atoms with Crippen molar-refractivity contribution < 1.29 is 57.9 Å². The van der Waals surface area contributed by atoms with E-state index in [1.54, 1.807) is 0 Å². The summed E-state index contributed by atoms with van der Waals surface area (Å²) in [5.41, 5.74) is -9.33. The summed E-state index contributed by atoms with van der Waals surface area (Å²) in [6.07, 6.45) is -9.64. The maximum Gasteiger partial charge on any atom is 0.411 e. The molecular weight excluding hydrogens is 787 g/mol. The Kier molecular flexibility index (Phi) is 12.0. The number of halogens is 6. The molecule has 9 nitrogen and oxygen atoms in total. The molecule has 0 aromatic heterocycles. The number of fused-ring (bicyclic) bond motifs is 2. The highest BCUT2D eigenvalue weighted by Crippen LogP contribution is 2.57. The first-order valence-corrected chi connectivity index (χ1v) is 29.6. The van der Waals surface area contributed by atoms with Gasteiger partial charge in [0.1, 0.15) is 0 Å². The summed E-state index contributed by atoms with van der Waals surface area (Å²) in [4.78, 5) is 53.2. The van der Waals surface area contributed by atoms with Crippen LogP contribution in [0.3, 0.4) is 0 Å². The van der Waals surface area contributed by atoms with E-state index in [1.807, 2.05) is 39.3 Å². The average molecular weight is 835 g/mol. The molecule has 19 heteroatoms. The van der Waals surface area contributed by atoms with Gasteiger partial charge in [-0.25, -0.2) is 0 Å². The molecule has 0 atom stereocenters. The molecule has 4 rings (SSSR count). The van der Waals surface area contributed by atoms with Crippen LogP contribution in [0.15, 0.2) is 36.4 Å². The summed E-state index contributed by atoms with van der Waals surface area (Å²) >= 11 is 0. The summed E-state index contributed by atoms with van der Waals surface area (Å²) in [6.45, 7) is 18.2. The van der Waals surface area contributed by atoms with E-state index in [2.05, 4.69) is 20.0 Å². The van der Waals surface area contributed by atoms with Crippen LogP contribution in [0.1, 0.15) is 78.7 Å². The van der Waals surface area contributed by atoms with Gasteiger partial charge < -0.3 is 12.3 Å². The predicted molar refractivity (Wildman–Crippen MR) is 200 cm³/mol. The van der Waals surface area contributed by atoms with Gasteiger partial charge in [-0.15, -0.1) is 0 Å². The highest BCUT2D eigenvalue weighted by molar-refractivity contribution is 6.89. The number of imide groups is 2. The van der Waals surface area contributed by atoms with Crippen LogP contribution < -0.4 is 0 Å². The Bertz CT molecular complexity index is 1820. The number of rotatable bonds is 15. The summed E-state index contributed by atoms with van der Waals surface area (Å²) in [7, 11) is -8.64. The van der Waals surface area contributed by atoms with Crippen molar-refractivity contribution in [2.45, 2.75) is 108 Å². The fraction of sp³-hybridized carbons (Fsp3) is 0.543. The van der Waals surface area contributed by atoms with Gasteiger partial charge in [0.2, 0.25) is 5.41 Å². The molecular formula is C35H48F6N2O7Si4. The number of alkyl halides is 6. The molecule has 0 aliphatic carbocycles. The van der Waals surface area contributed by atoms with E-state index in [0.717, 1.165) is 43.0 Å². The molecule has 0 bridgehead atoms. The van der Waals surface area contributed by atoms with Crippen LogP contribution in [-0.4, -0.2) is 93.1 Å². The third-order valence-corrected chi connectivity index (χ3v) is 25.0. The van der Waals surface area contributed by atoms with Gasteiger partial charge in [0.25, 0.3) is 23.6 Å². The third-order valence-electron chi connectivity index (χ3n) is 9.61. The van der Waals surface area contributed by atoms with E-state index in [9.17, 15) is 45.5 Å². The van der Waals surface area contributed by atoms with Gasteiger partial charge in [-0.1, -0.05) is 31.9 Å². The standard InChI is InChI=1S/C35H48F6N2O7Si4/c1-11-12-19-51(3,4)48-53(7,8)50-54(9,10)49-52(5,6)20-13-18-43-31(46)26-17-15-24(22-28(26)32(43)47)33(34(36,37)38,35(39,40)41)23-14-16-25-27(21-23)30(45)42(2)29(25)44/h14-17,21-22H,11-13,18-20H2,1-10H3. The SMILES string of the molecule is CCCC[Si](C)(C)O[Si](C)(C)O[Si](C)(C)O[Si](C)(C)CCCN1C(=O)c2ccc(C(c3ccc4c(c3)C(=O)N(C)C4=O)(C(F)(F)F)C(F)(F)F)cc2C1=O. The number of nitrogens with zero attached hydrogens (tertiary/aromatic N) is 2. The first kappa shape index (κ1) is 43.8. The van der Waals surface area contributed by atoms with Crippen molar-refractivity contribution in [3.8, 4) is 0 Å². The first-order valence-electron chi connectivity index (χ1n) is 17.7. The predicted octanol–water partition coefficient (Wildman–Crippen LogP) is 8.97. The zero-order chi connectivity index (χ0) is 41.0. The molecule has 2 aliphatic rings. The van der Waals surface area contributed by atoms with Gasteiger partial charge in [0, 0.05) is 13.6 Å². The van der Waals surface area contributed by atoms with Gasteiger partial charge >= 0.3 is 29.5 Å². The van der Waals surface area contributed by atoms with Crippen LogP contribution in [0, 0.1) is 0 Å². The minimum Gasteiger partial charge on any atom is -0.436 e. The molecule has 2 aliphatic heterocycles. The third kappa shape index (κ3) is 8.55. The zero-order valence-electron chi connectivity index (χ0n) is 32.2. The second-order valence-corrected chi connectivity index (χ2v) is 32.1. The Hall–Kier alpha value is -2.95.